The number of nitrogens with one attached hydrogen (secondary N) is 1. The minimum absolute atomic E-state index is 0.111. The number of nitrogens with zero attached hydrogens (tertiary/aromatic N) is 2. The van der Waals surface area contributed by atoms with Gasteiger partial charge in [-0.3, -0.25) is 20.2 Å². The Kier molecular flexibility index (Phi) is 4.77. The molecule has 6 nitrogen and oxygen atoms in total. The summed E-state index contributed by atoms with van der Waals surface area (Å²) in [7, 11) is 0. The number of anilines is 1. The molecule has 132 valence electrons. The second-order valence-electron chi connectivity index (χ2n) is 5.59. The van der Waals surface area contributed by atoms with E-state index in [1.807, 2.05) is 6.92 Å². The van der Waals surface area contributed by atoms with Crippen molar-refractivity contribution < 1.29 is 14.1 Å². The van der Waals surface area contributed by atoms with Crippen LogP contribution in [-0.2, 0) is 0 Å². The molecule has 1 heterocycles. The minimum Gasteiger partial charge on any atom is -0.298 e. The number of nitro groups is 1. The first kappa shape index (κ1) is 17.7. The van der Waals surface area contributed by atoms with E-state index in [4.69, 9.17) is 0 Å². The first-order valence-corrected chi connectivity index (χ1v) is 8.47. The summed E-state index contributed by atoms with van der Waals surface area (Å²) in [5.41, 5.74) is 1.80. The predicted octanol–water partition coefficient (Wildman–Crippen LogP) is 4.73. The Morgan fingerprint density at radius 2 is 1.88 bits per heavy atom. The highest BCUT2D eigenvalue weighted by Gasteiger charge is 2.19. The molecule has 1 N–H and O–H groups in total. The van der Waals surface area contributed by atoms with Gasteiger partial charge in [-0.05, 0) is 44.2 Å². The monoisotopic (exact) mass is 371 g/mol. The Labute approximate surface area is 152 Å². The maximum atomic E-state index is 13.1. The molecule has 1 aromatic heterocycles. The Hall–Kier alpha value is -3.13. The van der Waals surface area contributed by atoms with Crippen LogP contribution in [0.15, 0.2) is 42.5 Å². The molecule has 26 heavy (non-hydrogen) atoms. The topological polar surface area (TPSA) is 85.1 Å². The smallest absolute Gasteiger partial charge is 0.273 e. The van der Waals surface area contributed by atoms with Crippen LogP contribution >= 0.6 is 11.3 Å². The maximum Gasteiger partial charge on any atom is 0.273 e. The van der Waals surface area contributed by atoms with E-state index in [0.29, 0.717) is 16.4 Å². The molecule has 0 radical (unpaired) electrons. The fourth-order valence-corrected chi connectivity index (χ4v) is 3.39. The van der Waals surface area contributed by atoms with E-state index in [1.54, 1.807) is 12.1 Å². The first-order valence-electron chi connectivity index (χ1n) is 7.65. The summed E-state index contributed by atoms with van der Waals surface area (Å²) in [5, 5.41) is 14.1. The zero-order valence-corrected chi connectivity index (χ0v) is 14.8. The number of benzene rings is 2. The van der Waals surface area contributed by atoms with Crippen molar-refractivity contribution in [3.8, 4) is 11.3 Å². The normalized spacial score (nSPS) is 10.6. The average molecular weight is 371 g/mol. The Morgan fingerprint density at radius 1 is 1.19 bits per heavy atom. The number of halogens is 1. The predicted molar refractivity (Wildman–Crippen MR) is 98.0 cm³/mol. The Bertz CT molecular complexity index is 999. The number of hydrogen-bond acceptors (Lipinski definition) is 5. The van der Waals surface area contributed by atoms with Crippen LogP contribution in [0.1, 0.15) is 20.8 Å². The molecule has 0 spiro atoms. The van der Waals surface area contributed by atoms with Gasteiger partial charge in [-0.15, -0.1) is 11.3 Å². The molecule has 0 aliphatic heterocycles. The van der Waals surface area contributed by atoms with Crippen molar-refractivity contribution in [3.05, 3.63) is 74.4 Å². The lowest BCUT2D eigenvalue weighted by Crippen LogP contribution is -2.14. The van der Waals surface area contributed by atoms with Gasteiger partial charge in [0.25, 0.3) is 11.6 Å². The molecule has 2 aromatic carbocycles. The van der Waals surface area contributed by atoms with Gasteiger partial charge in [0.15, 0.2) is 5.13 Å². The summed E-state index contributed by atoms with van der Waals surface area (Å²) in [6.07, 6.45) is 0. The number of amides is 1. The van der Waals surface area contributed by atoms with Crippen molar-refractivity contribution in [1.82, 2.24) is 4.98 Å². The van der Waals surface area contributed by atoms with Crippen LogP contribution in [0.4, 0.5) is 15.2 Å². The number of aryl methyl sites for hydroxylation is 1. The number of thiazole rings is 1. The van der Waals surface area contributed by atoms with Gasteiger partial charge in [0.2, 0.25) is 0 Å². The summed E-state index contributed by atoms with van der Waals surface area (Å²) in [5.74, 6) is -0.804. The SMILES string of the molecule is Cc1sc(NC(=O)c2cccc([N+](=O)[O-])c2C)nc1-c1ccc(F)cc1. The van der Waals surface area contributed by atoms with Crippen molar-refractivity contribution in [2.75, 3.05) is 5.32 Å². The van der Waals surface area contributed by atoms with Gasteiger partial charge in [-0.1, -0.05) is 6.07 Å². The zero-order valence-electron chi connectivity index (χ0n) is 13.9. The zero-order chi connectivity index (χ0) is 18.8. The van der Waals surface area contributed by atoms with Crippen LogP contribution in [0.25, 0.3) is 11.3 Å². The lowest BCUT2D eigenvalue weighted by atomic mass is 10.1. The number of carbonyl (C=O) groups is 1. The van der Waals surface area contributed by atoms with E-state index >= 15 is 0 Å². The van der Waals surface area contributed by atoms with Gasteiger partial charge in [-0.25, -0.2) is 9.37 Å². The van der Waals surface area contributed by atoms with E-state index in [1.165, 1.54) is 48.6 Å². The molecule has 1 amide bonds. The Balaban J connectivity index is 1.87. The third-order valence-corrected chi connectivity index (χ3v) is 4.77. The van der Waals surface area contributed by atoms with Crippen LogP contribution in [-0.4, -0.2) is 15.8 Å². The molecule has 3 rings (SSSR count). The summed E-state index contributed by atoms with van der Waals surface area (Å²) in [6, 6.07) is 10.3. The fraction of sp³-hybridized carbons (Fsp3) is 0.111. The number of aromatic nitrogens is 1. The molecule has 3 aromatic rings. The third kappa shape index (κ3) is 3.45. The van der Waals surface area contributed by atoms with Crippen molar-refractivity contribution in [2.24, 2.45) is 0 Å². The molecule has 0 unspecified atom stereocenters. The summed E-state index contributed by atoms with van der Waals surface area (Å²) in [4.78, 5) is 28.3. The van der Waals surface area contributed by atoms with Gasteiger partial charge in [-0.2, -0.15) is 0 Å². The van der Waals surface area contributed by atoms with E-state index < -0.39 is 10.8 Å². The minimum atomic E-state index is -0.522. The second-order valence-corrected chi connectivity index (χ2v) is 6.79. The van der Waals surface area contributed by atoms with Crippen molar-refractivity contribution in [2.45, 2.75) is 13.8 Å². The highest BCUT2D eigenvalue weighted by Crippen LogP contribution is 2.31. The van der Waals surface area contributed by atoms with E-state index in [0.717, 1.165) is 10.4 Å². The molecule has 0 saturated carbocycles. The van der Waals surface area contributed by atoms with Crippen LogP contribution in [0, 0.1) is 29.8 Å². The number of carbonyl (C=O) groups excluding carboxylic acids is 1. The average Bonchev–Trinajstić information content (AvgIpc) is 2.95. The highest BCUT2D eigenvalue weighted by molar-refractivity contribution is 7.16. The molecule has 8 heteroatoms. The van der Waals surface area contributed by atoms with E-state index in [9.17, 15) is 19.3 Å². The lowest BCUT2D eigenvalue weighted by molar-refractivity contribution is -0.385. The van der Waals surface area contributed by atoms with Crippen LogP contribution in [0.5, 0.6) is 0 Å². The molecule has 0 fully saturated rings. The van der Waals surface area contributed by atoms with Crippen molar-refractivity contribution in [1.29, 1.82) is 0 Å². The molecule has 0 aliphatic carbocycles. The summed E-state index contributed by atoms with van der Waals surface area (Å²) >= 11 is 1.28. The van der Waals surface area contributed by atoms with Gasteiger partial charge in [0, 0.05) is 27.6 Å². The number of nitro benzene ring substituents is 1. The lowest BCUT2D eigenvalue weighted by Gasteiger charge is -2.05. The fourth-order valence-electron chi connectivity index (χ4n) is 2.56. The van der Waals surface area contributed by atoms with Crippen molar-refractivity contribution in [3.63, 3.8) is 0 Å². The summed E-state index contributed by atoms with van der Waals surface area (Å²) < 4.78 is 13.1. The summed E-state index contributed by atoms with van der Waals surface area (Å²) in [6.45, 7) is 3.38. The third-order valence-electron chi connectivity index (χ3n) is 3.88. The molecular weight excluding hydrogens is 357 g/mol. The largest absolute Gasteiger partial charge is 0.298 e. The van der Waals surface area contributed by atoms with E-state index in [2.05, 4.69) is 10.3 Å². The maximum absolute atomic E-state index is 13.1. The van der Waals surface area contributed by atoms with Gasteiger partial charge in [0.05, 0.1) is 10.6 Å². The number of rotatable bonds is 4. The highest BCUT2D eigenvalue weighted by atomic mass is 32.1. The van der Waals surface area contributed by atoms with Crippen LogP contribution < -0.4 is 5.32 Å². The molecule has 0 atom stereocenters. The first-order chi connectivity index (χ1) is 12.4. The van der Waals surface area contributed by atoms with Gasteiger partial charge in [0.1, 0.15) is 5.82 Å². The molecular formula is C18H14FN3O3S. The van der Waals surface area contributed by atoms with Gasteiger partial charge >= 0.3 is 0 Å². The van der Waals surface area contributed by atoms with Crippen LogP contribution in [0.2, 0.25) is 0 Å². The molecule has 0 bridgehead atoms. The van der Waals surface area contributed by atoms with Crippen molar-refractivity contribution >= 4 is 28.1 Å². The second kappa shape index (κ2) is 7.01. The molecule has 0 saturated heterocycles. The number of hydrogen-bond donors (Lipinski definition) is 1. The quantitative estimate of drug-likeness (QED) is 0.531. The van der Waals surface area contributed by atoms with E-state index in [-0.39, 0.29) is 17.1 Å². The standard InChI is InChI=1S/C18H14FN3O3S/c1-10-14(4-3-5-15(10)22(24)25)17(23)21-18-20-16(11(2)26-18)12-6-8-13(19)9-7-12/h3-9H,1-2H3,(H,20,21,23). The Morgan fingerprint density at radius 3 is 2.54 bits per heavy atom. The molecule has 0 aliphatic rings. The van der Waals surface area contributed by atoms with Gasteiger partial charge < -0.3 is 0 Å². The van der Waals surface area contributed by atoms with Crippen LogP contribution in [0.3, 0.4) is 0 Å².